The number of aliphatic hydroxyl groups excluding tert-OH is 1. The van der Waals surface area contributed by atoms with Gasteiger partial charge in [-0.05, 0) is 32.6 Å². The lowest BCUT2D eigenvalue weighted by atomic mass is 9.78. The number of fused-ring (bicyclic) bond motifs is 2. The van der Waals surface area contributed by atoms with Gasteiger partial charge in [0, 0.05) is 32.7 Å². The molecule has 2 fully saturated rings. The number of nitrogens with zero attached hydrogens (tertiary/aromatic N) is 2. The second kappa shape index (κ2) is 11.8. The van der Waals surface area contributed by atoms with Crippen molar-refractivity contribution in [2.75, 3.05) is 32.8 Å². The molecule has 10 heteroatoms. The lowest BCUT2D eigenvalue weighted by Gasteiger charge is -2.35. The second-order valence-electron chi connectivity index (χ2n) is 10.4. The maximum atomic E-state index is 14.0. The van der Waals surface area contributed by atoms with Gasteiger partial charge >= 0.3 is 5.97 Å². The minimum absolute atomic E-state index is 0.00944. The van der Waals surface area contributed by atoms with Crippen LogP contribution in [0.3, 0.4) is 0 Å². The van der Waals surface area contributed by atoms with Crippen molar-refractivity contribution in [2.24, 2.45) is 11.8 Å². The van der Waals surface area contributed by atoms with Crippen LogP contribution in [0.5, 0.6) is 0 Å². The summed E-state index contributed by atoms with van der Waals surface area (Å²) in [4.78, 5) is 56.8. The van der Waals surface area contributed by atoms with Crippen molar-refractivity contribution in [1.29, 1.82) is 0 Å². The van der Waals surface area contributed by atoms with Crippen molar-refractivity contribution in [3.63, 3.8) is 0 Å². The van der Waals surface area contributed by atoms with Gasteiger partial charge in [-0.2, -0.15) is 0 Å². The molecular formula is C27H39N3O7. The Morgan fingerprint density at radius 3 is 2.68 bits per heavy atom. The van der Waals surface area contributed by atoms with E-state index < -0.39 is 41.7 Å². The standard InChI is InChI=1S/C27H39N3O7/c1-3-4-13-29-14-9-12-27-22(24(33)30(15-7-8-16-31)23(27)25(29)34)21-19(37-27)10-5-6-11-20(32)28-17-18(2)36-26(21)35/h5,9-10,12,18-19,21-23,31H,3-4,6-8,11,13-17H2,1-2H3,(H,28,32)/b10-5-/t18-,19-,21+,22+,23-,27+/m0/s1. The summed E-state index contributed by atoms with van der Waals surface area (Å²) in [5, 5.41) is 12.1. The molecule has 0 aromatic carbocycles. The van der Waals surface area contributed by atoms with E-state index in [-0.39, 0.29) is 43.8 Å². The van der Waals surface area contributed by atoms with Gasteiger partial charge in [0.25, 0.3) is 0 Å². The van der Waals surface area contributed by atoms with Crippen LogP contribution in [0.1, 0.15) is 52.4 Å². The fourth-order valence-electron chi connectivity index (χ4n) is 5.89. The average molecular weight is 518 g/mol. The third-order valence-corrected chi connectivity index (χ3v) is 7.71. The van der Waals surface area contributed by atoms with Gasteiger partial charge in [0.05, 0.1) is 18.6 Å². The molecule has 4 rings (SSSR count). The van der Waals surface area contributed by atoms with Crippen LogP contribution in [0.4, 0.5) is 0 Å². The lowest BCUT2D eigenvalue weighted by molar-refractivity contribution is -0.158. The van der Waals surface area contributed by atoms with Gasteiger partial charge in [0.2, 0.25) is 17.7 Å². The van der Waals surface area contributed by atoms with E-state index in [9.17, 15) is 24.3 Å². The molecule has 2 saturated heterocycles. The zero-order valence-electron chi connectivity index (χ0n) is 21.8. The first kappa shape index (κ1) is 27.3. The van der Waals surface area contributed by atoms with E-state index in [0.717, 1.165) is 12.8 Å². The molecule has 0 aliphatic carbocycles. The number of aliphatic hydroxyl groups is 1. The number of ether oxygens (including phenoxy) is 2. The van der Waals surface area contributed by atoms with Gasteiger partial charge in [0.1, 0.15) is 23.7 Å². The third-order valence-electron chi connectivity index (χ3n) is 7.71. The number of carbonyl (C=O) groups is 4. The molecule has 3 amide bonds. The molecule has 6 atom stereocenters. The van der Waals surface area contributed by atoms with Crippen LogP contribution >= 0.6 is 0 Å². The van der Waals surface area contributed by atoms with Crippen molar-refractivity contribution in [3.8, 4) is 0 Å². The molecule has 37 heavy (non-hydrogen) atoms. The molecule has 0 saturated carbocycles. The molecule has 0 aromatic rings. The molecule has 0 bridgehead atoms. The largest absolute Gasteiger partial charge is 0.460 e. The Balaban J connectivity index is 1.74. The quantitative estimate of drug-likeness (QED) is 0.292. The minimum Gasteiger partial charge on any atom is -0.460 e. The summed E-state index contributed by atoms with van der Waals surface area (Å²) >= 11 is 0. The van der Waals surface area contributed by atoms with E-state index in [2.05, 4.69) is 12.2 Å². The van der Waals surface area contributed by atoms with Crippen molar-refractivity contribution >= 4 is 23.7 Å². The van der Waals surface area contributed by atoms with Crippen LogP contribution in [0.2, 0.25) is 0 Å². The predicted octanol–water partition coefficient (Wildman–Crippen LogP) is 0.936. The first-order valence-electron chi connectivity index (χ1n) is 13.5. The van der Waals surface area contributed by atoms with E-state index >= 15 is 0 Å². The fourth-order valence-corrected chi connectivity index (χ4v) is 5.89. The molecule has 4 aliphatic rings. The first-order valence-corrected chi connectivity index (χ1v) is 13.5. The first-order chi connectivity index (χ1) is 17.8. The number of cyclic esters (lactones) is 1. The van der Waals surface area contributed by atoms with Crippen molar-refractivity contribution in [2.45, 2.75) is 76.2 Å². The molecule has 4 heterocycles. The molecule has 2 N–H and O–H groups in total. The van der Waals surface area contributed by atoms with Gasteiger partial charge in [-0.15, -0.1) is 0 Å². The summed E-state index contributed by atoms with van der Waals surface area (Å²) in [6.45, 7) is 5.19. The summed E-state index contributed by atoms with van der Waals surface area (Å²) in [7, 11) is 0. The highest BCUT2D eigenvalue weighted by molar-refractivity contribution is 5.99. The van der Waals surface area contributed by atoms with Crippen LogP contribution in [0.15, 0.2) is 24.3 Å². The smallest absolute Gasteiger partial charge is 0.313 e. The Morgan fingerprint density at radius 2 is 1.92 bits per heavy atom. The molecule has 0 unspecified atom stereocenters. The van der Waals surface area contributed by atoms with Gasteiger partial charge in [-0.25, -0.2) is 0 Å². The molecule has 0 radical (unpaired) electrons. The van der Waals surface area contributed by atoms with E-state index in [0.29, 0.717) is 32.4 Å². The number of unbranched alkanes of at least 4 members (excludes halogenated alkanes) is 2. The van der Waals surface area contributed by atoms with Gasteiger partial charge in [0.15, 0.2) is 0 Å². The third kappa shape index (κ3) is 5.31. The maximum absolute atomic E-state index is 14.0. The highest BCUT2D eigenvalue weighted by Gasteiger charge is 2.71. The number of carbonyl (C=O) groups excluding carboxylic acids is 4. The summed E-state index contributed by atoms with van der Waals surface area (Å²) < 4.78 is 12.3. The summed E-state index contributed by atoms with van der Waals surface area (Å²) in [5.41, 5.74) is -1.30. The van der Waals surface area contributed by atoms with Crippen LogP contribution in [-0.2, 0) is 28.7 Å². The number of allylic oxidation sites excluding steroid dienone is 1. The number of nitrogens with one attached hydrogen (secondary N) is 1. The van der Waals surface area contributed by atoms with E-state index in [4.69, 9.17) is 9.47 Å². The molecule has 0 aromatic heterocycles. The number of amides is 3. The predicted molar refractivity (Wildman–Crippen MR) is 134 cm³/mol. The summed E-state index contributed by atoms with van der Waals surface area (Å²) in [6.07, 6.45) is 9.41. The molecule has 4 aliphatic heterocycles. The van der Waals surface area contributed by atoms with Crippen LogP contribution in [-0.4, -0.2) is 95.2 Å². The Bertz CT molecular complexity index is 950. The minimum atomic E-state index is -1.30. The Hall–Kier alpha value is -2.72. The van der Waals surface area contributed by atoms with Gasteiger partial charge in [-0.3, -0.25) is 19.2 Å². The topological polar surface area (TPSA) is 125 Å². The van der Waals surface area contributed by atoms with Gasteiger partial charge < -0.3 is 29.7 Å². The molecule has 10 nitrogen and oxygen atoms in total. The van der Waals surface area contributed by atoms with Gasteiger partial charge in [-0.1, -0.05) is 37.6 Å². The molecular weight excluding hydrogens is 478 g/mol. The monoisotopic (exact) mass is 517 g/mol. The van der Waals surface area contributed by atoms with Crippen LogP contribution in [0, 0.1) is 11.8 Å². The highest BCUT2D eigenvalue weighted by atomic mass is 16.6. The number of rotatable bonds is 7. The maximum Gasteiger partial charge on any atom is 0.313 e. The fraction of sp³-hybridized carbons (Fsp3) is 0.704. The Kier molecular flexibility index (Phi) is 8.69. The SMILES string of the molecule is CCCCN1CC=C[C@@]23O[C@H]4/C=C\CCC(=O)NC[C@H](C)OC(=O)[C@H]4[C@@H]2C(=O)N(CCCCO)[C@H]3C1=O. The molecule has 204 valence electrons. The lowest BCUT2D eigenvalue weighted by Crippen LogP contribution is -2.55. The number of hydrogen-bond acceptors (Lipinski definition) is 7. The van der Waals surface area contributed by atoms with E-state index in [1.807, 2.05) is 12.2 Å². The Morgan fingerprint density at radius 1 is 1.11 bits per heavy atom. The number of hydrogen-bond donors (Lipinski definition) is 2. The zero-order chi connectivity index (χ0) is 26.6. The van der Waals surface area contributed by atoms with Crippen molar-refractivity contribution in [1.82, 2.24) is 15.1 Å². The van der Waals surface area contributed by atoms with Crippen LogP contribution in [0.25, 0.3) is 0 Å². The zero-order valence-corrected chi connectivity index (χ0v) is 21.8. The number of likely N-dealkylation sites (tertiary alicyclic amines) is 1. The normalized spacial score (nSPS) is 35.1. The van der Waals surface area contributed by atoms with Crippen LogP contribution < -0.4 is 5.32 Å². The van der Waals surface area contributed by atoms with E-state index in [1.165, 1.54) is 0 Å². The second-order valence-corrected chi connectivity index (χ2v) is 10.4. The number of esters is 1. The molecule has 1 spiro atoms. The van der Waals surface area contributed by atoms with Crippen molar-refractivity contribution in [3.05, 3.63) is 24.3 Å². The van der Waals surface area contributed by atoms with Crippen molar-refractivity contribution < 1.29 is 33.8 Å². The van der Waals surface area contributed by atoms with E-state index in [1.54, 1.807) is 28.9 Å². The summed E-state index contributed by atoms with van der Waals surface area (Å²) in [6, 6.07) is -0.899. The average Bonchev–Trinajstić information content (AvgIpc) is 3.25. The highest BCUT2D eigenvalue weighted by Crippen LogP contribution is 2.53. The summed E-state index contributed by atoms with van der Waals surface area (Å²) in [5.74, 6) is -3.03. The Labute approximate surface area is 218 Å².